The first-order valence-electron chi connectivity index (χ1n) is 11.0. The smallest absolute Gasteiger partial charge is 0.275 e. The van der Waals surface area contributed by atoms with Gasteiger partial charge in [0.2, 0.25) is 5.88 Å². The molecule has 34 heavy (non-hydrogen) atoms. The number of hydrogen-bond donors (Lipinski definition) is 0. The molecule has 0 amide bonds. The van der Waals surface area contributed by atoms with Crippen LogP contribution in [0.25, 0.3) is 11.1 Å². The highest BCUT2D eigenvalue weighted by molar-refractivity contribution is 8.21. The number of thioether (sulfide) groups is 2. The molecule has 8 heteroatoms. The maximum atomic E-state index is 13.7. The Hall–Kier alpha value is -2.97. The Labute approximate surface area is 206 Å². The fourth-order valence-electron chi connectivity index (χ4n) is 4.34. The van der Waals surface area contributed by atoms with E-state index in [0.717, 1.165) is 11.5 Å². The molecule has 0 N–H and O–H groups in total. The van der Waals surface area contributed by atoms with Gasteiger partial charge >= 0.3 is 0 Å². The normalized spacial score (nSPS) is 16.9. The average Bonchev–Trinajstić information content (AvgIpc) is 3.51. The van der Waals surface area contributed by atoms with Crippen molar-refractivity contribution in [3.63, 3.8) is 0 Å². The van der Waals surface area contributed by atoms with E-state index in [-0.39, 0.29) is 21.3 Å². The molecule has 1 aromatic heterocycles. The van der Waals surface area contributed by atoms with E-state index in [2.05, 4.69) is 6.58 Å². The first kappa shape index (κ1) is 22.8. The molecule has 2 aromatic carbocycles. The second-order valence-corrected chi connectivity index (χ2v) is 11.3. The molecular formula is C26H24FN3O2S2. The molecule has 0 bridgehead atoms. The average molecular weight is 494 g/mol. The number of benzene rings is 2. The van der Waals surface area contributed by atoms with Gasteiger partial charge in [0.05, 0.1) is 30.1 Å². The molecule has 1 saturated heterocycles. The zero-order chi connectivity index (χ0) is 23.7. The van der Waals surface area contributed by atoms with E-state index in [1.54, 1.807) is 16.8 Å². The highest BCUT2D eigenvalue weighted by Crippen LogP contribution is 2.49. The number of allylic oxidation sites excluding steroid dienone is 2. The summed E-state index contributed by atoms with van der Waals surface area (Å²) in [6.07, 6.45) is 3.73. The van der Waals surface area contributed by atoms with Crippen LogP contribution in [0, 0.1) is 5.82 Å². The number of fused-ring (bicyclic) bond motifs is 1. The minimum atomic E-state index is -0.346. The van der Waals surface area contributed by atoms with Crippen LogP contribution in [0.1, 0.15) is 12.6 Å². The lowest BCUT2D eigenvalue weighted by atomic mass is 10.0. The fraction of sp³-hybridized carbons (Fsp3) is 0.231. The van der Waals surface area contributed by atoms with Crippen molar-refractivity contribution in [1.29, 1.82) is 0 Å². The van der Waals surface area contributed by atoms with Crippen molar-refractivity contribution >= 4 is 29.2 Å². The van der Waals surface area contributed by atoms with Gasteiger partial charge in [-0.15, -0.1) is 23.5 Å². The minimum Gasteiger partial charge on any atom is -0.440 e. The zero-order valence-corrected chi connectivity index (χ0v) is 20.4. The summed E-state index contributed by atoms with van der Waals surface area (Å²) in [6.45, 7) is 7.20. The van der Waals surface area contributed by atoms with E-state index in [9.17, 15) is 9.18 Å². The Morgan fingerprint density at radius 3 is 2.44 bits per heavy atom. The number of aliphatic imine (C=N–C) groups is 1. The van der Waals surface area contributed by atoms with Gasteiger partial charge < -0.3 is 4.74 Å². The van der Waals surface area contributed by atoms with Crippen molar-refractivity contribution in [2.75, 3.05) is 11.5 Å². The molecule has 0 aliphatic carbocycles. The van der Waals surface area contributed by atoms with E-state index < -0.39 is 0 Å². The number of para-hydroxylation sites is 1. The van der Waals surface area contributed by atoms with Gasteiger partial charge in [0.1, 0.15) is 15.6 Å². The van der Waals surface area contributed by atoms with Crippen LogP contribution < -0.4 is 10.3 Å². The maximum absolute atomic E-state index is 13.7. The number of ether oxygens (including phenoxy) is 1. The second-order valence-electron chi connectivity index (χ2n) is 8.06. The zero-order valence-electron chi connectivity index (χ0n) is 18.7. The van der Waals surface area contributed by atoms with Crippen LogP contribution >= 0.6 is 23.5 Å². The van der Waals surface area contributed by atoms with Gasteiger partial charge in [0, 0.05) is 11.5 Å². The van der Waals surface area contributed by atoms with Gasteiger partial charge in [0.25, 0.3) is 5.56 Å². The largest absolute Gasteiger partial charge is 0.440 e. The van der Waals surface area contributed by atoms with Crippen molar-refractivity contribution in [2.24, 2.45) is 4.99 Å². The monoisotopic (exact) mass is 493 g/mol. The number of halogens is 1. The molecule has 1 spiro atoms. The summed E-state index contributed by atoms with van der Waals surface area (Å²) in [5.41, 5.74) is 2.33. The van der Waals surface area contributed by atoms with E-state index in [4.69, 9.17) is 9.73 Å². The quantitative estimate of drug-likeness (QED) is 0.333. The Kier molecular flexibility index (Phi) is 6.27. The first-order chi connectivity index (χ1) is 16.5. The van der Waals surface area contributed by atoms with Crippen molar-refractivity contribution in [3.05, 3.63) is 101 Å². The van der Waals surface area contributed by atoms with E-state index in [0.29, 0.717) is 41.4 Å². The third-order valence-electron chi connectivity index (χ3n) is 5.75. The molecule has 0 radical (unpaired) electrons. The lowest BCUT2D eigenvalue weighted by molar-refractivity contribution is 0.424. The van der Waals surface area contributed by atoms with Crippen molar-refractivity contribution < 1.29 is 9.13 Å². The molecule has 0 saturated carbocycles. The molecule has 5 nitrogen and oxygen atoms in total. The number of rotatable bonds is 6. The molecule has 3 heterocycles. The van der Waals surface area contributed by atoms with Crippen molar-refractivity contribution in [1.82, 2.24) is 9.36 Å². The van der Waals surface area contributed by atoms with Crippen LogP contribution in [0.15, 0.2) is 89.0 Å². The number of aromatic nitrogens is 2. The highest BCUT2D eigenvalue weighted by atomic mass is 32.2. The lowest BCUT2D eigenvalue weighted by Gasteiger charge is -2.19. The number of hydrogen-bond acceptors (Lipinski definition) is 5. The minimum absolute atomic E-state index is 0.0478. The van der Waals surface area contributed by atoms with Crippen molar-refractivity contribution in [3.8, 4) is 16.9 Å². The summed E-state index contributed by atoms with van der Waals surface area (Å²) < 4.78 is 23.3. The van der Waals surface area contributed by atoms with E-state index in [1.807, 2.05) is 77.6 Å². The van der Waals surface area contributed by atoms with Crippen LogP contribution in [0.4, 0.5) is 4.39 Å². The second kappa shape index (κ2) is 9.35. The molecule has 5 rings (SSSR count). The van der Waals surface area contributed by atoms with Crippen LogP contribution in [0.3, 0.4) is 0 Å². The molecule has 174 valence electrons. The molecule has 1 fully saturated rings. The van der Waals surface area contributed by atoms with Crippen molar-refractivity contribution in [2.45, 2.75) is 24.1 Å². The molecule has 2 aliphatic heterocycles. The summed E-state index contributed by atoms with van der Waals surface area (Å²) >= 11 is 3.82. The predicted octanol–water partition coefficient (Wildman–Crippen LogP) is 5.56. The molecular weight excluding hydrogens is 469 g/mol. The summed E-state index contributed by atoms with van der Waals surface area (Å²) in [4.78, 5) is 18.4. The van der Waals surface area contributed by atoms with Gasteiger partial charge in [-0.1, -0.05) is 36.4 Å². The highest BCUT2D eigenvalue weighted by Gasteiger charge is 2.44. The van der Waals surface area contributed by atoms with Gasteiger partial charge in [0.15, 0.2) is 0 Å². The van der Waals surface area contributed by atoms with Crippen LogP contribution in [-0.2, 0) is 13.1 Å². The van der Waals surface area contributed by atoms with Gasteiger partial charge in [-0.3, -0.25) is 9.48 Å². The van der Waals surface area contributed by atoms with E-state index >= 15 is 0 Å². The topological polar surface area (TPSA) is 48.5 Å². The van der Waals surface area contributed by atoms with Gasteiger partial charge in [-0.2, -0.15) is 0 Å². The van der Waals surface area contributed by atoms with Crippen LogP contribution in [0.2, 0.25) is 0 Å². The van der Waals surface area contributed by atoms with E-state index in [1.165, 1.54) is 12.1 Å². The summed E-state index contributed by atoms with van der Waals surface area (Å²) in [6, 6.07) is 15.4. The van der Waals surface area contributed by atoms with Gasteiger partial charge in [-0.05, 0) is 49.4 Å². The third kappa shape index (κ3) is 4.28. The Balaban J connectivity index is 1.64. The first-order valence-corrected chi connectivity index (χ1v) is 13.0. The molecule has 2 aliphatic rings. The Bertz CT molecular complexity index is 1330. The molecule has 3 aromatic rings. The maximum Gasteiger partial charge on any atom is 0.275 e. The fourth-order valence-corrected chi connectivity index (χ4v) is 7.44. The summed E-state index contributed by atoms with van der Waals surface area (Å²) in [5.74, 6) is 2.65. The van der Waals surface area contributed by atoms with Gasteiger partial charge in [-0.25, -0.2) is 14.1 Å². The number of nitrogens with zero attached hydrogens (tertiary/aromatic N) is 3. The molecule has 0 atom stereocenters. The summed E-state index contributed by atoms with van der Waals surface area (Å²) in [5, 5.41) is 0. The predicted molar refractivity (Wildman–Crippen MR) is 139 cm³/mol. The Morgan fingerprint density at radius 2 is 1.76 bits per heavy atom. The van der Waals surface area contributed by atoms with Crippen LogP contribution in [0.5, 0.6) is 5.75 Å². The Morgan fingerprint density at radius 1 is 1.09 bits per heavy atom. The standard InChI is InChI=1S/C26H24FN3O2S2/c1-3-7-22(28-18(2)32-21-8-5-4-6-9-21)24-23(19-10-12-20(27)13-11-19)25(31)30-17-26(16-29(24)30)33-14-15-34-26/h3-13H,2,14-17H2,1H3/b7-3-,28-22+. The van der Waals surface area contributed by atoms with Crippen LogP contribution in [-0.4, -0.2) is 30.7 Å². The SMILES string of the molecule is C=C(/N=C(\C=C/C)c1c(-c2ccc(F)cc2)c(=O)n2n1CC1(C2)SCCS1)Oc1ccccc1. The lowest BCUT2D eigenvalue weighted by Crippen LogP contribution is -2.24. The summed E-state index contributed by atoms with van der Waals surface area (Å²) in [7, 11) is 0. The third-order valence-corrected chi connectivity index (χ3v) is 9.10. The molecule has 0 unspecified atom stereocenters.